The number of alkyl halides is 3. The number of nitrogens with zero attached hydrogens (tertiary/aromatic N) is 2. The molecule has 0 fully saturated rings. The minimum Gasteiger partial charge on any atom is -0.392 e. The van der Waals surface area contributed by atoms with Gasteiger partial charge in [0.1, 0.15) is 5.82 Å². The van der Waals surface area contributed by atoms with Gasteiger partial charge in [-0.25, -0.2) is 4.98 Å². The summed E-state index contributed by atoms with van der Waals surface area (Å²) in [6.45, 7) is 17.0. The van der Waals surface area contributed by atoms with E-state index in [-0.39, 0.29) is 25.2 Å². The second-order valence-corrected chi connectivity index (χ2v) is 10.3. The Kier molecular flexibility index (Phi) is 24.2. The highest BCUT2D eigenvalue weighted by molar-refractivity contribution is 5.91. The molecule has 0 amide bonds. The maximum atomic E-state index is 10.9. The quantitative estimate of drug-likeness (QED) is 0.231. The van der Waals surface area contributed by atoms with Gasteiger partial charge in [-0.1, -0.05) is 91.2 Å². The van der Waals surface area contributed by atoms with Crippen LogP contribution in [0.2, 0.25) is 0 Å². The van der Waals surface area contributed by atoms with Crippen LogP contribution >= 0.6 is 0 Å². The van der Waals surface area contributed by atoms with Crippen LogP contribution in [-0.4, -0.2) is 28.7 Å². The highest BCUT2D eigenvalue weighted by atomic mass is 19.4. The average Bonchev–Trinajstić information content (AvgIpc) is 3.00. The van der Waals surface area contributed by atoms with Crippen LogP contribution in [0, 0.1) is 30.1 Å². The van der Waals surface area contributed by atoms with Gasteiger partial charge in [-0.05, 0) is 68.4 Å². The number of rotatable bonds is 12. The first-order valence-corrected chi connectivity index (χ1v) is 15.6. The van der Waals surface area contributed by atoms with Crippen molar-refractivity contribution < 1.29 is 23.1 Å². The molecule has 8 heteroatoms. The maximum Gasteiger partial charge on any atom is 0.386 e. The van der Waals surface area contributed by atoms with E-state index in [9.17, 15) is 23.2 Å². The molecule has 2 rings (SSSR count). The molecule has 1 unspecified atom stereocenters. The van der Waals surface area contributed by atoms with Crippen molar-refractivity contribution in [2.24, 2.45) is 11.8 Å². The fourth-order valence-corrected chi connectivity index (χ4v) is 3.67. The number of nitriles is 1. The second-order valence-electron chi connectivity index (χ2n) is 10.3. The van der Waals surface area contributed by atoms with Gasteiger partial charge in [0.25, 0.3) is 0 Å². The molecule has 2 N–H and O–H groups in total. The smallest absolute Gasteiger partial charge is 0.386 e. The number of pyridine rings is 1. The van der Waals surface area contributed by atoms with Gasteiger partial charge in [0, 0.05) is 30.3 Å². The molecule has 0 radical (unpaired) electrons. The lowest BCUT2D eigenvalue weighted by Gasteiger charge is -2.21. The normalized spacial score (nSPS) is 11.7. The minimum atomic E-state index is -4.00. The molecule has 2 aromatic rings. The molecule has 1 aromatic heterocycles. The highest BCUT2D eigenvalue weighted by Crippen LogP contribution is 2.36. The Morgan fingerprint density at radius 2 is 1.57 bits per heavy atom. The van der Waals surface area contributed by atoms with E-state index in [0.717, 1.165) is 42.8 Å². The maximum absolute atomic E-state index is 10.9. The summed E-state index contributed by atoms with van der Waals surface area (Å²) in [7, 11) is 0. The number of unbranched alkanes of at least 4 members (excludes halogenated alkanes) is 1. The highest BCUT2D eigenvalue weighted by Gasteiger charge is 2.20. The Balaban J connectivity index is 0. The topological polar surface area (TPSA) is 86.0 Å². The van der Waals surface area contributed by atoms with E-state index in [4.69, 9.17) is 5.11 Å². The standard InChI is InChI=1S/C22H27N3.C8H14O2.C4H10.C2H3F3/c1-5-8-20(17(6-2)7-3)21-18(15-23)13-14-24-22(21)25-19-11-9-16(4)10-12-19;1-3-7(2)8(10)5-4-6-9;1-3-4-2;1-2(3,4)5/h8-14,17H,5-7H2,1-4H3,(H,24,25);4-5,7,9H,3,6H2,1-2H3;3-4H2,1-2H3;1H3/b20-8+;5-4+;;. The van der Waals surface area contributed by atoms with Crippen LogP contribution in [0.1, 0.15) is 111 Å². The van der Waals surface area contributed by atoms with Gasteiger partial charge in [0.05, 0.1) is 18.2 Å². The number of ketones is 1. The van der Waals surface area contributed by atoms with Crippen molar-refractivity contribution in [3.8, 4) is 6.07 Å². The molecule has 44 heavy (non-hydrogen) atoms. The third kappa shape index (κ3) is 19.7. The molecular weight excluding hydrogens is 563 g/mol. The molecule has 1 heterocycles. The average molecular weight is 618 g/mol. The number of anilines is 2. The predicted octanol–water partition coefficient (Wildman–Crippen LogP) is 10.8. The van der Waals surface area contributed by atoms with Crippen LogP contribution in [-0.2, 0) is 4.79 Å². The molecule has 0 saturated heterocycles. The number of carbonyl (C=O) groups excluding carboxylic acids is 1. The second kappa shape index (κ2) is 24.9. The Morgan fingerprint density at radius 3 is 1.98 bits per heavy atom. The van der Waals surface area contributed by atoms with Crippen LogP contribution in [0.15, 0.2) is 54.8 Å². The first-order valence-electron chi connectivity index (χ1n) is 15.6. The molecule has 0 aliphatic rings. The van der Waals surface area contributed by atoms with Crippen LogP contribution in [0.25, 0.3) is 5.57 Å². The summed E-state index contributed by atoms with van der Waals surface area (Å²) in [4.78, 5) is 15.5. The molecule has 0 aliphatic carbocycles. The van der Waals surface area contributed by atoms with Crippen molar-refractivity contribution in [1.29, 1.82) is 5.26 Å². The van der Waals surface area contributed by atoms with E-state index < -0.39 is 6.18 Å². The van der Waals surface area contributed by atoms with Crippen molar-refractivity contribution in [3.63, 3.8) is 0 Å². The summed E-state index contributed by atoms with van der Waals surface area (Å²) in [6.07, 6.45) is 9.38. The number of nitrogens with one attached hydrogen (secondary N) is 1. The van der Waals surface area contributed by atoms with E-state index in [1.165, 1.54) is 36.1 Å². The first kappa shape index (κ1) is 42.7. The molecule has 0 spiro atoms. The molecule has 1 atom stereocenters. The zero-order chi connectivity index (χ0) is 34.1. The number of carbonyl (C=O) groups is 1. The van der Waals surface area contributed by atoms with E-state index in [1.54, 1.807) is 6.20 Å². The summed E-state index contributed by atoms with van der Waals surface area (Å²) in [5.41, 5.74) is 5.05. The fraction of sp³-hybridized carbons (Fsp3) is 0.528. The summed E-state index contributed by atoms with van der Waals surface area (Å²) in [5, 5.41) is 21.4. The van der Waals surface area contributed by atoms with E-state index in [0.29, 0.717) is 11.5 Å². The number of aliphatic hydroxyl groups excluding tert-OH is 1. The van der Waals surface area contributed by atoms with Crippen LogP contribution < -0.4 is 5.32 Å². The van der Waals surface area contributed by atoms with Gasteiger partial charge in [0.15, 0.2) is 5.78 Å². The van der Waals surface area contributed by atoms with Gasteiger partial charge >= 0.3 is 6.18 Å². The first-order chi connectivity index (χ1) is 20.8. The lowest BCUT2D eigenvalue weighted by atomic mass is 9.86. The number of hydrogen-bond donors (Lipinski definition) is 2. The zero-order valence-electron chi connectivity index (χ0n) is 28.2. The van der Waals surface area contributed by atoms with Crippen LogP contribution in [0.3, 0.4) is 0 Å². The molecule has 246 valence electrons. The van der Waals surface area contributed by atoms with E-state index in [1.807, 2.05) is 32.0 Å². The monoisotopic (exact) mass is 617 g/mol. The predicted molar refractivity (Wildman–Crippen MR) is 179 cm³/mol. The summed E-state index contributed by atoms with van der Waals surface area (Å²) >= 11 is 0. The number of benzene rings is 1. The van der Waals surface area contributed by atoms with Crippen molar-refractivity contribution in [2.75, 3.05) is 11.9 Å². The van der Waals surface area contributed by atoms with Gasteiger partial charge in [-0.2, -0.15) is 18.4 Å². The molecule has 0 saturated carbocycles. The Labute approximate surface area is 264 Å². The Hall–Kier alpha value is -3.44. The fourth-order valence-electron chi connectivity index (χ4n) is 3.67. The number of hydrogen-bond acceptors (Lipinski definition) is 5. The number of aryl methyl sites for hydroxylation is 1. The molecule has 5 nitrogen and oxygen atoms in total. The van der Waals surface area contributed by atoms with Crippen LogP contribution in [0.5, 0.6) is 0 Å². The molecular formula is C36H54F3N3O2. The zero-order valence-corrected chi connectivity index (χ0v) is 28.2. The third-order valence-electron chi connectivity index (χ3n) is 6.51. The molecule has 1 aromatic carbocycles. The van der Waals surface area contributed by atoms with Crippen molar-refractivity contribution in [1.82, 2.24) is 4.98 Å². The number of allylic oxidation sites excluding steroid dienone is 3. The lowest BCUT2D eigenvalue weighted by molar-refractivity contribution is -0.117. The molecule has 0 aliphatic heterocycles. The van der Waals surface area contributed by atoms with E-state index >= 15 is 0 Å². The van der Waals surface area contributed by atoms with Gasteiger partial charge in [0.2, 0.25) is 0 Å². The lowest BCUT2D eigenvalue weighted by Crippen LogP contribution is -2.08. The number of aliphatic hydroxyl groups is 1. The van der Waals surface area contributed by atoms with Gasteiger partial charge < -0.3 is 10.4 Å². The Bertz CT molecular complexity index is 1140. The van der Waals surface area contributed by atoms with Crippen molar-refractivity contribution >= 4 is 22.9 Å². The van der Waals surface area contributed by atoms with Gasteiger partial charge in [-0.15, -0.1) is 0 Å². The van der Waals surface area contributed by atoms with E-state index in [2.05, 4.69) is 76.1 Å². The summed E-state index contributed by atoms with van der Waals surface area (Å²) in [6, 6.07) is 12.4. The number of halogens is 3. The minimum absolute atomic E-state index is 0.0534. The SMILES string of the molecule is CC(F)(F)F.CC/C=C(/c1c(C#N)ccnc1Nc1ccc(C)cc1)C(CC)CC.CCC(C)C(=O)/C=C/CO.CCCC. The largest absolute Gasteiger partial charge is 0.392 e. The summed E-state index contributed by atoms with van der Waals surface area (Å²) < 4.78 is 31.1. The summed E-state index contributed by atoms with van der Waals surface area (Å²) in [5.74, 6) is 1.36. The van der Waals surface area contributed by atoms with Crippen molar-refractivity contribution in [3.05, 3.63) is 71.4 Å². The molecule has 0 bridgehead atoms. The number of aromatic nitrogens is 1. The Morgan fingerprint density at radius 1 is 1.02 bits per heavy atom. The van der Waals surface area contributed by atoms with Crippen molar-refractivity contribution in [2.45, 2.75) is 107 Å². The van der Waals surface area contributed by atoms with Gasteiger partial charge in [-0.3, -0.25) is 4.79 Å². The third-order valence-corrected chi connectivity index (χ3v) is 6.51. The van der Waals surface area contributed by atoms with Crippen LogP contribution in [0.4, 0.5) is 24.7 Å².